The predicted octanol–water partition coefficient (Wildman–Crippen LogP) is 2.24. The Bertz CT molecular complexity index is 287. The molecule has 0 radical (unpaired) electrons. The van der Waals surface area contributed by atoms with Crippen LogP contribution in [0.3, 0.4) is 0 Å². The molecule has 0 atom stereocenters. The molecular weight excluding hydrogens is 218 g/mol. The zero-order chi connectivity index (χ0) is 12.0. The fourth-order valence-corrected chi connectivity index (χ4v) is 3.14. The number of hydrogen-bond donors (Lipinski definition) is 2. The monoisotopic (exact) mass is 241 g/mol. The first kappa shape index (κ1) is 12.1. The minimum absolute atomic E-state index is 0.0492. The zero-order valence-electron chi connectivity index (χ0n) is 10.8. The third-order valence-electron chi connectivity index (χ3n) is 4.10. The first-order chi connectivity index (χ1) is 7.32. The van der Waals surface area contributed by atoms with E-state index in [0.717, 1.165) is 11.0 Å². The molecule has 1 aliphatic heterocycles. The van der Waals surface area contributed by atoms with Crippen molar-refractivity contribution in [2.45, 2.75) is 52.1 Å². The van der Waals surface area contributed by atoms with Gasteiger partial charge in [-0.1, -0.05) is 20.8 Å². The number of rotatable bonds is 0. The Morgan fingerprint density at radius 3 is 2.25 bits per heavy atom. The molecule has 0 bridgehead atoms. The van der Waals surface area contributed by atoms with E-state index in [9.17, 15) is 0 Å². The van der Waals surface area contributed by atoms with E-state index in [1.54, 1.807) is 0 Å². The molecule has 0 aromatic heterocycles. The Morgan fingerprint density at radius 2 is 1.88 bits per heavy atom. The lowest BCUT2D eigenvalue weighted by molar-refractivity contribution is 0.0954. The summed E-state index contributed by atoms with van der Waals surface area (Å²) in [7, 11) is 1.99. The average Bonchev–Trinajstić information content (AvgIpc) is 2.41. The van der Waals surface area contributed by atoms with E-state index in [0.29, 0.717) is 5.41 Å². The van der Waals surface area contributed by atoms with Gasteiger partial charge in [0, 0.05) is 7.05 Å². The third kappa shape index (κ3) is 2.18. The summed E-state index contributed by atoms with van der Waals surface area (Å²) in [6.07, 6.45) is 4.89. The molecule has 92 valence electrons. The number of nitrogens with one attached hydrogen (secondary N) is 2. The van der Waals surface area contributed by atoms with Gasteiger partial charge in [0.25, 0.3) is 0 Å². The van der Waals surface area contributed by atoms with Gasteiger partial charge < -0.3 is 5.32 Å². The molecule has 1 aliphatic carbocycles. The number of hydrogen-bond acceptors (Lipinski definition) is 2. The van der Waals surface area contributed by atoms with E-state index in [-0.39, 0.29) is 5.66 Å². The molecule has 3 nitrogen and oxygen atoms in total. The molecule has 16 heavy (non-hydrogen) atoms. The van der Waals surface area contributed by atoms with Gasteiger partial charge in [-0.15, -0.1) is 0 Å². The van der Waals surface area contributed by atoms with Gasteiger partial charge in [0.1, 0.15) is 5.66 Å². The largest absolute Gasteiger partial charge is 0.342 e. The van der Waals surface area contributed by atoms with Crippen LogP contribution in [0.2, 0.25) is 0 Å². The fourth-order valence-electron chi connectivity index (χ4n) is 2.90. The van der Waals surface area contributed by atoms with Crippen molar-refractivity contribution >= 4 is 17.3 Å². The normalized spacial score (nSPS) is 35.6. The van der Waals surface area contributed by atoms with Gasteiger partial charge in [-0.25, -0.2) is 5.43 Å². The van der Waals surface area contributed by atoms with E-state index >= 15 is 0 Å². The summed E-state index contributed by atoms with van der Waals surface area (Å²) in [6, 6.07) is 0. The molecule has 0 aromatic carbocycles. The van der Waals surface area contributed by atoms with Crippen LogP contribution >= 0.6 is 12.2 Å². The predicted molar refractivity (Wildman–Crippen MR) is 70.8 cm³/mol. The second-order valence-electron chi connectivity index (χ2n) is 6.32. The molecule has 2 fully saturated rings. The summed E-state index contributed by atoms with van der Waals surface area (Å²) in [5, 5.41) is 6.20. The highest BCUT2D eigenvalue weighted by molar-refractivity contribution is 7.80. The van der Waals surface area contributed by atoms with Crippen LogP contribution in [0.15, 0.2) is 0 Å². The van der Waals surface area contributed by atoms with Gasteiger partial charge in [-0.2, -0.15) is 0 Å². The summed E-state index contributed by atoms with van der Waals surface area (Å²) in [6.45, 7) is 7.05. The topological polar surface area (TPSA) is 27.3 Å². The Kier molecular flexibility index (Phi) is 2.91. The summed E-state index contributed by atoms with van der Waals surface area (Å²) in [5.41, 5.74) is 3.96. The van der Waals surface area contributed by atoms with E-state index in [4.69, 9.17) is 12.2 Å². The lowest BCUT2D eigenvalue weighted by Crippen LogP contribution is -2.53. The van der Waals surface area contributed by atoms with Crippen molar-refractivity contribution in [1.82, 2.24) is 15.8 Å². The van der Waals surface area contributed by atoms with Crippen LogP contribution in [-0.2, 0) is 0 Å². The lowest BCUT2D eigenvalue weighted by Gasteiger charge is -2.41. The van der Waals surface area contributed by atoms with Crippen molar-refractivity contribution in [2.24, 2.45) is 11.3 Å². The lowest BCUT2D eigenvalue weighted by atomic mass is 9.70. The SMILES string of the molecule is CN1NC2(CCC(C(C)(C)C)CC2)NC1=S. The molecule has 0 aromatic rings. The first-order valence-electron chi connectivity index (χ1n) is 6.16. The molecule has 1 saturated carbocycles. The molecule has 4 heteroatoms. The smallest absolute Gasteiger partial charge is 0.184 e. The number of thiocarbonyl (C=S) groups is 1. The Labute approximate surface area is 104 Å². The fraction of sp³-hybridized carbons (Fsp3) is 0.917. The molecule has 2 N–H and O–H groups in total. The highest BCUT2D eigenvalue weighted by Crippen LogP contribution is 2.41. The van der Waals surface area contributed by atoms with Crippen molar-refractivity contribution in [2.75, 3.05) is 7.05 Å². The molecule has 1 heterocycles. The first-order valence-corrected chi connectivity index (χ1v) is 6.57. The maximum Gasteiger partial charge on any atom is 0.184 e. The van der Waals surface area contributed by atoms with Crippen LogP contribution in [-0.4, -0.2) is 22.8 Å². The summed E-state index contributed by atoms with van der Waals surface area (Å²) >= 11 is 5.25. The van der Waals surface area contributed by atoms with Crippen LogP contribution in [0.4, 0.5) is 0 Å². The van der Waals surface area contributed by atoms with Gasteiger partial charge in [0.05, 0.1) is 0 Å². The second-order valence-corrected chi connectivity index (χ2v) is 6.71. The minimum Gasteiger partial charge on any atom is -0.342 e. The van der Waals surface area contributed by atoms with Crippen molar-refractivity contribution < 1.29 is 0 Å². The maximum absolute atomic E-state index is 5.25. The van der Waals surface area contributed by atoms with Gasteiger partial charge in [0.2, 0.25) is 0 Å². The van der Waals surface area contributed by atoms with Gasteiger partial charge in [0.15, 0.2) is 5.11 Å². The van der Waals surface area contributed by atoms with E-state index in [1.165, 1.54) is 25.7 Å². The summed E-state index contributed by atoms with van der Waals surface area (Å²) in [5.74, 6) is 0.834. The molecule has 2 aliphatic rings. The van der Waals surface area contributed by atoms with Crippen molar-refractivity contribution in [3.8, 4) is 0 Å². The second kappa shape index (κ2) is 3.84. The standard InChI is InChI=1S/C12H23N3S/c1-11(2,3)9-5-7-12(8-6-9)13-10(16)15(4)14-12/h9,14H,5-8H2,1-4H3,(H,13,16). The Hall–Kier alpha value is -0.350. The van der Waals surface area contributed by atoms with Crippen molar-refractivity contribution in [1.29, 1.82) is 0 Å². The molecule has 0 unspecified atom stereocenters. The average molecular weight is 241 g/mol. The van der Waals surface area contributed by atoms with Crippen LogP contribution in [0.5, 0.6) is 0 Å². The third-order valence-corrected chi connectivity index (χ3v) is 4.47. The highest BCUT2D eigenvalue weighted by Gasteiger charge is 2.43. The van der Waals surface area contributed by atoms with Crippen molar-refractivity contribution in [3.63, 3.8) is 0 Å². The van der Waals surface area contributed by atoms with Gasteiger partial charge in [-0.05, 0) is 49.2 Å². The van der Waals surface area contributed by atoms with Gasteiger partial charge in [-0.3, -0.25) is 5.01 Å². The zero-order valence-corrected chi connectivity index (χ0v) is 11.6. The molecule has 2 rings (SSSR count). The molecule has 1 spiro atoms. The van der Waals surface area contributed by atoms with Gasteiger partial charge >= 0.3 is 0 Å². The summed E-state index contributed by atoms with van der Waals surface area (Å²) in [4.78, 5) is 0. The van der Waals surface area contributed by atoms with Crippen LogP contribution < -0.4 is 10.7 Å². The number of nitrogens with zero attached hydrogens (tertiary/aromatic N) is 1. The Balaban J connectivity index is 1.98. The van der Waals surface area contributed by atoms with Crippen LogP contribution in [0.1, 0.15) is 46.5 Å². The molecule has 1 saturated heterocycles. The van der Waals surface area contributed by atoms with E-state index in [1.807, 2.05) is 12.1 Å². The highest BCUT2D eigenvalue weighted by atomic mass is 32.1. The van der Waals surface area contributed by atoms with E-state index in [2.05, 4.69) is 31.5 Å². The summed E-state index contributed by atoms with van der Waals surface area (Å²) < 4.78 is 0. The Morgan fingerprint density at radius 1 is 1.31 bits per heavy atom. The quantitative estimate of drug-likeness (QED) is 0.636. The van der Waals surface area contributed by atoms with Crippen molar-refractivity contribution in [3.05, 3.63) is 0 Å². The number of hydrazine groups is 1. The maximum atomic E-state index is 5.25. The molecule has 0 amide bonds. The van der Waals surface area contributed by atoms with Crippen LogP contribution in [0.25, 0.3) is 0 Å². The molecular formula is C12H23N3S. The van der Waals surface area contributed by atoms with Crippen LogP contribution in [0, 0.1) is 11.3 Å². The minimum atomic E-state index is 0.0492. The van der Waals surface area contributed by atoms with E-state index < -0.39 is 0 Å².